The van der Waals surface area contributed by atoms with Gasteiger partial charge in [0.2, 0.25) is 0 Å². The number of hydrogen-bond donors (Lipinski definition) is 1. The number of rotatable bonds is 9. The smallest absolute Gasteiger partial charge is 0.287 e. The second-order valence-electron chi connectivity index (χ2n) is 8.54. The Morgan fingerprint density at radius 2 is 1.97 bits per heavy atom. The van der Waals surface area contributed by atoms with Crippen LogP contribution in [-0.2, 0) is 11.3 Å². The number of ketones is 1. The summed E-state index contributed by atoms with van der Waals surface area (Å²) in [6.07, 6.45) is 2.28. The van der Waals surface area contributed by atoms with Crippen molar-refractivity contribution in [2.24, 2.45) is 5.92 Å². The summed E-state index contributed by atoms with van der Waals surface area (Å²) in [5.41, 5.74) is 0.819. The average Bonchev–Trinajstić information content (AvgIpc) is 3.58. The van der Waals surface area contributed by atoms with Crippen LogP contribution in [0, 0.1) is 5.92 Å². The average molecular weight is 495 g/mol. The molecule has 8 nitrogen and oxygen atoms in total. The second kappa shape index (κ2) is 9.84. The molecule has 1 aromatic heterocycles. The fraction of sp³-hybridized carbons (Fsp3) is 0.269. The molecule has 35 heavy (non-hydrogen) atoms. The number of halogens is 1. The quantitative estimate of drug-likeness (QED) is 0.446. The Balaban J connectivity index is 1.29. The van der Waals surface area contributed by atoms with Crippen LogP contribution >= 0.6 is 11.6 Å². The molecule has 0 radical (unpaired) electrons. The molecule has 0 spiro atoms. The minimum absolute atomic E-state index is 0.0990. The maximum Gasteiger partial charge on any atom is 0.287 e. The molecule has 180 valence electrons. The van der Waals surface area contributed by atoms with Crippen LogP contribution in [0.15, 0.2) is 59.0 Å². The number of carbonyl (C=O) groups excluding carboxylic acids is 3. The Labute approximate surface area is 206 Å². The first kappa shape index (κ1) is 23.0. The summed E-state index contributed by atoms with van der Waals surface area (Å²) in [5, 5.41) is 3.37. The topological polar surface area (TPSA) is 98.1 Å². The third-order valence-corrected chi connectivity index (χ3v) is 6.07. The first-order valence-electron chi connectivity index (χ1n) is 11.3. The van der Waals surface area contributed by atoms with Gasteiger partial charge in [-0.05, 0) is 67.3 Å². The molecule has 2 aliphatic rings. The molecule has 3 aromatic rings. The fourth-order valence-corrected chi connectivity index (χ4v) is 3.91. The normalized spacial score (nSPS) is 14.8. The van der Waals surface area contributed by atoms with E-state index in [0.29, 0.717) is 46.0 Å². The highest BCUT2D eigenvalue weighted by atomic mass is 35.5. The molecule has 0 atom stereocenters. The van der Waals surface area contributed by atoms with Crippen LogP contribution in [0.3, 0.4) is 0 Å². The number of ether oxygens (including phenoxy) is 2. The lowest BCUT2D eigenvalue weighted by Gasteiger charge is -2.29. The molecule has 1 fully saturated rings. The van der Waals surface area contributed by atoms with Crippen molar-refractivity contribution in [3.63, 3.8) is 0 Å². The summed E-state index contributed by atoms with van der Waals surface area (Å²) >= 11 is 5.96. The highest BCUT2D eigenvalue weighted by molar-refractivity contribution is 6.30. The largest absolute Gasteiger partial charge is 0.485 e. The zero-order valence-corrected chi connectivity index (χ0v) is 19.5. The lowest BCUT2D eigenvalue weighted by molar-refractivity contribution is -0.121. The van der Waals surface area contributed by atoms with E-state index in [0.717, 1.165) is 12.8 Å². The van der Waals surface area contributed by atoms with Crippen LogP contribution in [-0.4, -0.2) is 37.4 Å². The highest BCUT2D eigenvalue weighted by Crippen LogP contribution is 2.34. The van der Waals surface area contributed by atoms with Gasteiger partial charge in [0.15, 0.2) is 24.8 Å². The molecule has 1 saturated carbocycles. The number of nitrogens with one attached hydrogen (secondary N) is 1. The molecular weight excluding hydrogens is 472 g/mol. The zero-order chi connectivity index (χ0) is 24.4. The van der Waals surface area contributed by atoms with E-state index in [4.69, 9.17) is 25.5 Å². The molecule has 9 heteroatoms. The van der Waals surface area contributed by atoms with E-state index >= 15 is 0 Å². The van der Waals surface area contributed by atoms with Crippen molar-refractivity contribution in [2.75, 3.05) is 24.7 Å². The highest BCUT2D eigenvalue weighted by Gasteiger charge is 2.28. The lowest BCUT2D eigenvalue weighted by atomic mass is 10.1. The molecule has 1 aliphatic carbocycles. The van der Waals surface area contributed by atoms with Crippen molar-refractivity contribution < 1.29 is 28.3 Å². The van der Waals surface area contributed by atoms with Crippen LogP contribution < -0.4 is 19.7 Å². The fourth-order valence-electron chi connectivity index (χ4n) is 3.72. The van der Waals surface area contributed by atoms with Gasteiger partial charge in [0.1, 0.15) is 17.3 Å². The zero-order valence-electron chi connectivity index (χ0n) is 18.8. The lowest BCUT2D eigenvalue weighted by Crippen LogP contribution is -2.38. The first-order valence-corrected chi connectivity index (χ1v) is 11.7. The number of hydrogen-bond acceptors (Lipinski definition) is 6. The number of furan rings is 1. The first-order chi connectivity index (χ1) is 17.0. The molecule has 0 bridgehead atoms. The summed E-state index contributed by atoms with van der Waals surface area (Å²) in [6, 6.07) is 14.9. The molecule has 2 heterocycles. The van der Waals surface area contributed by atoms with Gasteiger partial charge in [-0.1, -0.05) is 17.7 Å². The maximum atomic E-state index is 12.8. The van der Waals surface area contributed by atoms with E-state index in [1.807, 2.05) is 0 Å². The Morgan fingerprint density at radius 3 is 2.77 bits per heavy atom. The Kier molecular flexibility index (Phi) is 6.46. The monoisotopic (exact) mass is 494 g/mol. The van der Waals surface area contributed by atoms with Gasteiger partial charge in [-0.2, -0.15) is 0 Å². The molecule has 0 unspecified atom stereocenters. The van der Waals surface area contributed by atoms with E-state index in [1.54, 1.807) is 54.6 Å². The van der Waals surface area contributed by atoms with E-state index in [9.17, 15) is 14.4 Å². The van der Waals surface area contributed by atoms with Crippen LogP contribution in [0.1, 0.15) is 39.5 Å². The van der Waals surface area contributed by atoms with Gasteiger partial charge in [-0.3, -0.25) is 19.3 Å². The molecular formula is C26H23ClN2O6. The number of carbonyl (C=O) groups is 3. The molecule has 5 rings (SSSR count). The van der Waals surface area contributed by atoms with Crippen LogP contribution in [0.25, 0.3) is 0 Å². The minimum Gasteiger partial charge on any atom is -0.485 e. The molecule has 0 saturated heterocycles. The minimum atomic E-state index is -0.284. The van der Waals surface area contributed by atoms with Gasteiger partial charge in [-0.25, -0.2) is 0 Å². The van der Waals surface area contributed by atoms with Crippen molar-refractivity contribution in [1.82, 2.24) is 5.32 Å². The van der Waals surface area contributed by atoms with Gasteiger partial charge >= 0.3 is 0 Å². The van der Waals surface area contributed by atoms with Crippen LogP contribution in [0.2, 0.25) is 5.02 Å². The summed E-state index contributed by atoms with van der Waals surface area (Å²) in [5.74, 6) is 1.34. The van der Waals surface area contributed by atoms with Gasteiger partial charge < -0.3 is 19.2 Å². The van der Waals surface area contributed by atoms with Gasteiger partial charge in [0.25, 0.3) is 11.8 Å². The number of anilines is 1. The van der Waals surface area contributed by atoms with E-state index in [1.165, 1.54) is 4.90 Å². The van der Waals surface area contributed by atoms with E-state index in [2.05, 4.69) is 5.32 Å². The predicted octanol–water partition coefficient (Wildman–Crippen LogP) is 4.26. The number of nitrogens with zero attached hydrogens (tertiary/aromatic N) is 1. The second-order valence-corrected chi connectivity index (χ2v) is 8.98. The summed E-state index contributed by atoms with van der Waals surface area (Å²) < 4.78 is 16.8. The summed E-state index contributed by atoms with van der Waals surface area (Å²) in [4.78, 5) is 39.2. The van der Waals surface area contributed by atoms with E-state index < -0.39 is 0 Å². The van der Waals surface area contributed by atoms with Crippen LogP contribution in [0.4, 0.5) is 5.69 Å². The van der Waals surface area contributed by atoms with Gasteiger partial charge in [0, 0.05) is 17.1 Å². The standard InChI is InChI=1S/C26H23ClN2O6/c27-18-2-1-3-19(11-18)33-14-22(30)17-6-8-23-21(10-17)29(25(31)15-34-23)13-20-7-9-24(35-20)26(32)28-12-16-4-5-16/h1-3,6-11,16H,4-5,12-15H2,(H,28,32). The summed E-state index contributed by atoms with van der Waals surface area (Å²) in [7, 11) is 0. The summed E-state index contributed by atoms with van der Waals surface area (Å²) in [6.45, 7) is 0.419. The van der Waals surface area contributed by atoms with Crippen molar-refractivity contribution in [1.29, 1.82) is 0 Å². The van der Waals surface area contributed by atoms with Gasteiger partial charge in [0.05, 0.1) is 12.2 Å². The maximum absolute atomic E-state index is 12.8. The molecule has 1 N–H and O–H groups in total. The third-order valence-electron chi connectivity index (χ3n) is 5.84. The van der Waals surface area contributed by atoms with Crippen molar-refractivity contribution in [3.05, 3.63) is 76.7 Å². The molecule has 2 amide bonds. The van der Waals surface area contributed by atoms with Crippen molar-refractivity contribution in [2.45, 2.75) is 19.4 Å². The predicted molar refractivity (Wildman–Crippen MR) is 128 cm³/mol. The molecule has 2 aromatic carbocycles. The Hall–Kier alpha value is -3.78. The van der Waals surface area contributed by atoms with E-state index in [-0.39, 0.29) is 43.1 Å². The van der Waals surface area contributed by atoms with Crippen LogP contribution in [0.5, 0.6) is 11.5 Å². The molecule has 1 aliphatic heterocycles. The van der Waals surface area contributed by atoms with Gasteiger partial charge in [-0.15, -0.1) is 0 Å². The number of amides is 2. The number of fused-ring (bicyclic) bond motifs is 1. The Bertz CT molecular complexity index is 1280. The Morgan fingerprint density at radius 1 is 1.11 bits per heavy atom. The number of Topliss-reactive ketones (excluding diaryl/α,β-unsaturated/α-hetero) is 1. The third kappa shape index (κ3) is 5.49. The SMILES string of the molecule is O=C(COc1cccc(Cl)c1)c1ccc2c(c1)N(Cc1ccc(C(=O)NCC3CC3)o1)C(=O)CO2. The van der Waals surface area contributed by atoms with Crippen molar-refractivity contribution >= 4 is 34.9 Å². The van der Waals surface area contributed by atoms with Crippen molar-refractivity contribution in [3.8, 4) is 11.5 Å². The number of benzene rings is 2.